The number of hydrogen-bond acceptors (Lipinski definition) is 9. The van der Waals surface area contributed by atoms with Crippen molar-refractivity contribution in [2.75, 3.05) is 6.61 Å². The van der Waals surface area contributed by atoms with Crippen LogP contribution in [0.2, 0.25) is 0 Å². The minimum atomic E-state index is -1.27. The van der Waals surface area contributed by atoms with Gasteiger partial charge < -0.3 is 23.7 Å². The normalized spacial score (nSPS) is 27.5. The third-order valence-electron chi connectivity index (χ3n) is 2.59. The Hall–Kier alpha value is -2.16. The van der Waals surface area contributed by atoms with Gasteiger partial charge in [0.25, 0.3) is 0 Å². The van der Waals surface area contributed by atoms with Gasteiger partial charge >= 0.3 is 23.9 Å². The third kappa shape index (κ3) is 5.32. The molecule has 1 fully saturated rings. The Morgan fingerprint density at radius 3 is 1.64 bits per heavy atom. The van der Waals surface area contributed by atoms with Gasteiger partial charge in [-0.3, -0.25) is 19.2 Å². The second-order valence-corrected chi connectivity index (χ2v) is 4.61. The highest BCUT2D eigenvalue weighted by Crippen LogP contribution is 2.25. The zero-order valence-electron chi connectivity index (χ0n) is 12.7. The molecule has 22 heavy (non-hydrogen) atoms. The van der Waals surface area contributed by atoms with Gasteiger partial charge in [-0.05, 0) is 0 Å². The predicted molar refractivity (Wildman–Crippen MR) is 68.2 cm³/mol. The van der Waals surface area contributed by atoms with E-state index in [9.17, 15) is 19.2 Å². The van der Waals surface area contributed by atoms with Gasteiger partial charge in [-0.25, -0.2) is 0 Å². The van der Waals surface area contributed by atoms with Crippen molar-refractivity contribution >= 4 is 23.9 Å². The van der Waals surface area contributed by atoms with Gasteiger partial charge in [-0.1, -0.05) is 0 Å². The Morgan fingerprint density at radius 1 is 0.727 bits per heavy atom. The maximum atomic E-state index is 11.3. The second kappa shape index (κ2) is 7.74. The summed E-state index contributed by atoms with van der Waals surface area (Å²) in [6, 6.07) is 0. The highest BCUT2D eigenvalue weighted by molar-refractivity contribution is 5.69. The predicted octanol–water partition coefficient (Wildman–Crippen LogP) is -0.299. The first-order chi connectivity index (χ1) is 10.2. The van der Waals surface area contributed by atoms with Crippen molar-refractivity contribution in [2.45, 2.75) is 52.3 Å². The van der Waals surface area contributed by atoms with Crippen LogP contribution in [0.3, 0.4) is 0 Å². The number of ether oxygens (including phenoxy) is 5. The van der Waals surface area contributed by atoms with E-state index in [1.54, 1.807) is 0 Å². The molecule has 124 valence electrons. The van der Waals surface area contributed by atoms with Crippen LogP contribution in [0, 0.1) is 0 Å². The summed E-state index contributed by atoms with van der Waals surface area (Å²) >= 11 is 0. The van der Waals surface area contributed by atoms with Crippen molar-refractivity contribution in [3.63, 3.8) is 0 Å². The van der Waals surface area contributed by atoms with Gasteiger partial charge in [0.2, 0.25) is 12.4 Å². The van der Waals surface area contributed by atoms with Crippen LogP contribution in [0.15, 0.2) is 0 Å². The molecule has 1 heterocycles. The molecule has 0 aromatic heterocycles. The molecule has 0 aliphatic carbocycles. The second-order valence-electron chi connectivity index (χ2n) is 4.61. The average Bonchev–Trinajstić information content (AvgIpc) is 2.34. The topological polar surface area (TPSA) is 114 Å². The van der Waals surface area contributed by atoms with Crippen molar-refractivity contribution in [1.29, 1.82) is 0 Å². The molecule has 9 nitrogen and oxygen atoms in total. The van der Waals surface area contributed by atoms with Gasteiger partial charge in [0.1, 0.15) is 0 Å². The summed E-state index contributed by atoms with van der Waals surface area (Å²) in [7, 11) is 0. The molecule has 1 aliphatic heterocycles. The maximum absolute atomic E-state index is 11.3. The molecule has 0 radical (unpaired) electrons. The first-order valence-corrected chi connectivity index (χ1v) is 6.51. The lowest BCUT2D eigenvalue weighted by Gasteiger charge is -2.39. The van der Waals surface area contributed by atoms with Crippen LogP contribution in [0.5, 0.6) is 0 Å². The van der Waals surface area contributed by atoms with Crippen LogP contribution in [0.25, 0.3) is 0 Å². The third-order valence-corrected chi connectivity index (χ3v) is 2.59. The molecule has 0 saturated carbocycles. The van der Waals surface area contributed by atoms with Crippen LogP contribution in [-0.4, -0.2) is 55.1 Å². The van der Waals surface area contributed by atoms with E-state index < -0.39 is 48.5 Å². The highest BCUT2D eigenvalue weighted by Gasteiger charge is 2.48. The summed E-state index contributed by atoms with van der Waals surface area (Å²) in [6.45, 7) is 4.40. The Bertz CT molecular complexity index is 416. The molecule has 0 aromatic carbocycles. The molecule has 9 heteroatoms. The molecule has 0 aromatic rings. The van der Waals surface area contributed by atoms with Gasteiger partial charge in [0, 0.05) is 27.7 Å². The van der Waals surface area contributed by atoms with Crippen LogP contribution < -0.4 is 0 Å². The van der Waals surface area contributed by atoms with Crippen molar-refractivity contribution < 1.29 is 42.9 Å². The summed E-state index contributed by atoms with van der Waals surface area (Å²) < 4.78 is 25.2. The molecule has 0 spiro atoms. The Labute approximate surface area is 126 Å². The molecule has 4 atom stereocenters. The SMILES string of the molecule is CC(=O)O[C@H]1OC[C@H](OC(C)=O)[C@H](OC(C)=O)[C@@H]1OC(C)=O. The fourth-order valence-corrected chi connectivity index (χ4v) is 1.97. The lowest BCUT2D eigenvalue weighted by atomic mass is 10.0. The van der Waals surface area contributed by atoms with Gasteiger partial charge in [0.05, 0.1) is 6.61 Å². The average molecular weight is 318 g/mol. The molecule has 0 unspecified atom stereocenters. The zero-order chi connectivity index (χ0) is 16.9. The first kappa shape index (κ1) is 17.9. The molecule has 1 aliphatic rings. The lowest BCUT2D eigenvalue weighted by Crippen LogP contribution is -2.58. The van der Waals surface area contributed by atoms with Crippen LogP contribution in [0.1, 0.15) is 27.7 Å². The highest BCUT2D eigenvalue weighted by atomic mass is 16.7. The summed E-state index contributed by atoms with van der Waals surface area (Å²) in [5.41, 5.74) is 0. The maximum Gasteiger partial charge on any atom is 0.305 e. The van der Waals surface area contributed by atoms with E-state index in [0.29, 0.717) is 0 Å². The van der Waals surface area contributed by atoms with Crippen LogP contribution in [-0.2, 0) is 42.9 Å². The van der Waals surface area contributed by atoms with Crippen molar-refractivity contribution in [2.24, 2.45) is 0 Å². The molecule has 0 bridgehead atoms. The zero-order valence-corrected chi connectivity index (χ0v) is 12.7. The molecule has 0 N–H and O–H groups in total. The number of carbonyl (C=O) groups excluding carboxylic acids is 4. The summed E-state index contributed by atoms with van der Waals surface area (Å²) in [5.74, 6) is -2.68. The fourth-order valence-electron chi connectivity index (χ4n) is 1.97. The van der Waals surface area contributed by atoms with Crippen LogP contribution in [0.4, 0.5) is 0 Å². The van der Waals surface area contributed by atoms with E-state index in [4.69, 9.17) is 23.7 Å². The Morgan fingerprint density at radius 2 is 1.18 bits per heavy atom. The van der Waals surface area contributed by atoms with E-state index in [0.717, 1.165) is 20.8 Å². The quantitative estimate of drug-likeness (QED) is 0.509. The largest absolute Gasteiger partial charge is 0.456 e. The van der Waals surface area contributed by atoms with Gasteiger partial charge in [0.15, 0.2) is 12.2 Å². The molecule has 1 rings (SSSR count). The summed E-state index contributed by atoms with van der Waals surface area (Å²) in [4.78, 5) is 44.7. The summed E-state index contributed by atoms with van der Waals surface area (Å²) in [5, 5.41) is 0. The molecule has 1 saturated heterocycles. The first-order valence-electron chi connectivity index (χ1n) is 6.51. The number of carbonyl (C=O) groups is 4. The van der Waals surface area contributed by atoms with Crippen molar-refractivity contribution in [1.82, 2.24) is 0 Å². The van der Waals surface area contributed by atoms with E-state index in [1.165, 1.54) is 6.92 Å². The number of hydrogen-bond donors (Lipinski definition) is 0. The number of rotatable bonds is 4. The Kier molecular flexibility index (Phi) is 6.29. The minimum Gasteiger partial charge on any atom is -0.456 e. The van der Waals surface area contributed by atoms with Gasteiger partial charge in [-0.15, -0.1) is 0 Å². The molecular weight excluding hydrogens is 300 g/mol. The van der Waals surface area contributed by atoms with Crippen molar-refractivity contribution in [3.05, 3.63) is 0 Å². The minimum absolute atomic E-state index is 0.187. The lowest BCUT2D eigenvalue weighted by molar-refractivity contribution is -0.273. The van der Waals surface area contributed by atoms with E-state index >= 15 is 0 Å². The van der Waals surface area contributed by atoms with E-state index in [2.05, 4.69) is 0 Å². The molecule has 0 amide bonds. The number of esters is 4. The van der Waals surface area contributed by atoms with Crippen LogP contribution >= 0.6 is 0 Å². The van der Waals surface area contributed by atoms with E-state index in [-0.39, 0.29) is 6.61 Å². The van der Waals surface area contributed by atoms with Crippen molar-refractivity contribution in [3.8, 4) is 0 Å². The molecular formula is C13H18O9. The monoisotopic (exact) mass is 318 g/mol. The summed E-state index contributed by atoms with van der Waals surface area (Å²) in [6.07, 6.45) is -4.65. The smallest absolute Gasteiger partial charge is 0.305 e. The van der Waals surface area contributed by atoms with Gasteiger partial charge in [-0.2, -0.15) is 0 Å². The fraction of sp³-hybridized carbons (Fsp3) is 0.692. The standard InChI is InChI=1S/C13H18O9/c1-6(14)19-10-5-18-13(22-9(4)17)12(21-8(3)16)11(10)20-7(2)15/h10-13H,5H2,1-4H3/t10-,11-,12-,13+/m0/s1. The Balaban J connectivity index is 3.03. The van der Waals surface area contributed by atoms with E-state index in [1.807, 2.05) is 0 Å².